The van der Waals surface area contributed by atoms with E-state index in [2.05, 4.69) is 33.9 Å². The molecule has 0 radical (unpaired) electrons. The molecule has 1 aliphatic heterocycles. The van der Waals surface area contributed by atoms with Crippen LogP contribution in [0.2, 0.25) is 18.1 Å². The van der Waals surface area contributed by atoms with Crippen LogP contribution in [0, 0.1) is 0 Å². The maximum Gasteiger partial charge on any atom is 0.410 e. The molecule has 1 N–H and O–H groups in total. The summed E-state index contributed by atoms with van der Waals surface area (Å²) in [6.07, 6.45) is -0.168. The molecular formula is C23H39NO5Si. The summed E-state index contributed by atoms with van der Waals surface area (Å²) in [6, 6.07) is 9.38. The van der Waals surface area contributed by atoms with Gasteiger partial charge in [0.25, 0.3) is 0 Å². The Morgan fingerprint density at radius 2 is 1.77 bits per heavy atom. The van der Waals surface area contributed by atoms with E-state index in [0.717, 1.165) is 5.56 Å². The van der Waals surface area contributed by atoms with Gasteiger partial charge in [0.15, 0.2) is 14.1 Å². The Balaban J connectivity index is 2.13. The van der Waals surface area contributed by atoms with Crippen LogP contribution in [0.1, 0.15) is 53.5 Å². The van der Waals surface area contributed by atoms with Crippen molar-refractivity contribution in [2.45, 2.75) is 90.1 Å². The summed E-state index contributed by atoms with van der Waals surface area (Å²) in [5.41, 5.74) is 0.351. The number of hydrogen-bond donors (Lipinski definition) is 1. The second kappa shape index (κ2) is 8.98. The van der Waals surface area contributed by atoms with Crippen LogP contribution in [-0.4, -0.2) is 55.0 Å². The number of aliphatic hydroxyl groups is 1. The van der Waals surface area contributed by atoms with Crippen LogP contribution >= 0.6 is 0 Å². The molecule has 6 nitrogen and oxygen atoms in total. The summed E-state index contributed by atoms with van der Waals surface area (Å²) >= 11 is 0. The first-order valence-electron chi connectivity index (χ1n) is 10.7. The fraction of sp³-hybridized carbons (Fsp3) is 0.696. The summed E-state index contributed by atoms with van der Waals surface area (Å²) in [5, 5.41) is 11.2. The van der Waals surface area contributed by atoms with Crippen LogP contribution in [-0.2, 0) is 20.5 Å². The molecule has 0 spiro atoms. The molecule has 2 rings (SSSR count). The Morgan fingerprint density at radius 3 is 2.30 bits per heavy atom. The van der Waals surface area contributed by atoms with Crippen molar-refractivity contribution in [3.8, 4) is 0 Å². The van der Waals surface area contributed by atoms with Gasteiger partial charge in [-0.25, -0.2) is 4.79 Å². The first kappa shape index (κ1) is 24.9. The number of β-amino-alcohol motifs (C(OH)–C–C–N with tert-alkyl or cyclic N) is 1. The van der Waals surface area contributed by atoms with Crippen LogP contribution < -0.4 is 0 Å². The molecule has 1 heterocycles. The molecule has 0 saturated carbocycles. The summed E-state index contributed by atoms with van der Waals surface area (Å²) in [7, 11) is -2.00. The molecule has 1 amide bonds. The van der Waals surface area contributed by atoms with E-state index in [1.807, 2.05) is 51.1 Å². The minimum atomic E-state index is -2.00. The highest BCUT2D eigenvalue weighted by atomic mass is 28.4. The third kappa shape index (κ3) is 6.80. The van der Waals surface area contributed by atoms with Crippen molar-refractivity contribution >= 4 is 14.4 Å². The van der Waals surface area contributed by atoms with E-state index in [4.69, 9.17) is 13.9 Å². The number of likely N-dealkylation sites (tertiary alicyclic amines) is 1. The topological polar surface area (TPSA) is 68.2 Å². The average Bonchev–Trinajstić information content (AvgIpc) is 2.95. The van der Waals surface area contributed by atoms with Crippen molar-refractivity contribution in [3.63, 3.8) is 0 Å². The van der Waals surface area contributed by atoms with Gasteiger partial charge in [-0.05, 0) is 44.5 Å². The van der Waals surface area contributed by atoms with Crippen molar-refractivity contribution in [2.24, 2.45) is 0 Å². The van der Waals surface area contributed by atoms with Crippen molar-refractivity contribution in [2.75, 3.05) is 13.2 Å². The van der Waals surface area contributed by atoms with E-state index in [1.165, 1.54) is 0 Å². The molecule has 1 aromatic carbocycles. The summed E-state index contributed by atoms with van der Waals surface area (Å²) < 4.78 is 17.8. The van der Waals surface area contributed by atoms with Gasteiger partial charge >= 0.3 is 6.09 Å². The van der Waals surface area contributed by atoms with Gasteiger partial charge in [-0.1, -0.05) is 51.1 Å². The summed E-state index contributed by atoms with van der Waals surface area (Å²) in [6.45, 7) is 17.1. The number of hydrogen-bond acceptors (Lipinski definition) is 5. The molecule has 30 heavy (non-hydrogen) atoms. The van der Waals surface area contributed by atoms with Gasteiger partial charge in [-0.2, -0.15) is 0 Å². The average molecular weight is 438 g/mol. The van der Waals surface area contributed by atoms with Crippen molar-refractivity contribution in [1.82, 2.24) is 4.90 Å². The molecule has 0 aliphatic carbocycles. The highest BCUT2D eigenvalue weighted by Crippen LogP contribution is 2.38. The van der Waals surface area contributed by atoms with Gasteiger partial charge in [-0.3, -0.25) is 4.90 Å². The minimum absolute atomic E-state index is 0.0558. The number of carbonyl (C=O) groups is 1. The number of ether oxygens (including phenoxy) is 2. The van der Waals surface area contributed by atoms with Crippen LogP contribution in [0.5, 0.6) is 0 Å². The van der Waals surface area contributed by atoms with Gasteiger partial charge in [0.05, 0.1) is 25.8 Å². The lowest BCUT2D eigenvalue weighted by Gasteiger charge is -2.38. The maximum absolute atomic E-state index is 12.8. The lowest BCUT2D eigenvalue weighted by molar-refractivity contribution is -0.200. The van der Waals surface area contributed by atoms with Crippen LogP contribution in [0.25, 0.3) is 0 Å². The van der Waals surface area contributed by atoms with Crippen LogP contribution in [0.4, 0.5) is 4.79 Å². The maximum atomic E-state index is 12.8. The molecule has 1 aliphatic rings. The Kier molecular flexibility index (Phi) is 7.44. The van der Waals surface area contributed by atoms with E-state index in [1.54, 1.807) is 4.90 Å². The third-order valence-electron chi connectivity index (χ3n) is 5.83. The zero-order valence-electron chi connectivity index (χ0n) is 19.8. The number of carbonyl (C=O) groups excluding carboxylic acids is 1. The Morgan fingerprint density at radius 1 is 1.17 bits per heavy atom. The standard InChI is InChI=1S/C23H39NO5Si/c1-21(2,3)29-20(25)24-17-23(26,27-15-18-12-10-9-11-13-18)14-19(24)16-28-30(7,8)22(4,5)6/h9-13,19,26H,14-17H2,1-8H3. The molecule has 0 bridgehead atoms. The number of benzene rings is 1. The van der Waals surface area contributed by atoms with Gasteiger partial charge in [0.2, 0.25) is 0 Å². The Labute approximate surface area is 182 Å². The number of nitrogens with zero attached hydrogens (tertiary/aromatic N) is 1. The lowest BCUT2D eigenvalue weighted by atomic mass is 10.1. The smallest absolute Gasteiger partial charge is 0.410 e. The normalized spacial score (nSPS) is 23.0. The van der Waals surface area contributed by atoms with Crippen LogP contribution in [0.3, 0.4) is 0 Å². The molecule has 0 aromatic heterocycles. The predicted octanol–water partition coefficient (Wildman–Crippen LogP) is 4.92. The molecule has 1 fully saturated rings. The van der Waals surface area contributed by atoms with E-state index in [-0.39, 0.29) is 30.7 Å². The molecule has 7 heteroatoms. The number of rotatable bonds is 6. The quantitative estimate of drug-likeness (QED) is 0.505. The zero-order valence-corrected chi connectivity index (χ0v) is 20.8. The van der Waals surface area contributed by atoms with E-state index < -0.39 is 25.8 Å². The van der Waals surface area contributed by atoms with Gasteiger partial charge in [0, 0.05) is 6.42 Å². The zero-order chi connectivity index (χ0) is 22.8. The molecule has 1 saturated heterocycles. The molecule has 1 aromatic rings. The SMILES string of the molecule is CC(C)(C)OC(=O)N1CC(O)(OCc2ccccc2)CC1CO[Si](C)(C)C(C)(C)C. The lowest BCUT2D eigenvalue weighted by Crippen LogP contribution is -2.47. The van der Waals surface area contributed by atoms with Gasteiger partial charge in [0.1, 0.15) is 5.60 Å². The fourth-order valence-corrected chi connectivity index (χ4v) is 4.08. The molecule has 2 unspecified atom stereocenters. The van der Waals surface area contributed by atoms with Gasteiger partial charge < -0.3 is 19.0 Å². The Hall–Kier alpha value is -1.41. The molecule has 170 valence electrons. The van der Waals surface area contributed by atoms with E-state index in [0.29, 0.717) is 6.61 Å². The van der Waals surface area contributed by atoms with Crippen LogP contribution in [0.15, 0.2) is 30.3 Å². The van der Waals surface area contributed by atoms with E-state index >= 15 is 0 Å². The number of amides is 1. The monoisotopic (exact) mass is 437 g/mol. The molecule has 2 atom stereocenters. The summed E-state index contributed by atoms with van der Waals surface area (Å²) in [5.74, 6) is -1.44. The van der Waals surface area contributed by atoms with Gasteiger partial charge in [-0.15, -0.1) is 0 Å². The Bertz CT molecular complexity index is 711. The molecular weight excluding hydrogens is 398 g/mol. The predicted molar refractivity (Wildman–Crippen MR) is 121 cm³/mol. The third-order valence-corrected chi connectivity index (χ3v) is 10.3. The van der Waals surface area contributed by atoms with Crippen molar-refractivity contribution < 1.29 is 23.8 Å². The van der Waals surface area contributed by atoms with Crippen molar-refractivity contribution in [3.05, 3.63) is 35.9 Å². The first-order chi connectivity index (χ1) is 13.6. The second-order valence-corrected chi connectivity index (χ2v) is 15.6. The van der Waals surface area contributed by atoms with Crippen molar-refractivity contribution in [1.29, 1.82) is 0 Å². The largest absolute Gasteiger partial charge is 0.444 e. The summed E-state index contributed by atoms with van der Waals surface area (Å²) in [4.78, 5) is 14.4. The fourth-order valence-electron chi connectivity index (χ4n) is 3.04. The first-order valence-corrected chi connectivity index (χ1v) is 13.6. The highest BCUT2D eigenvalue weighted by molar-refractivity contribution is 6.74. The second-order valence-electron chi connectivity index (χ2n) is 10.8. The highest BCUT2D eigenvalue weighted by Gasteiger charge is 2.48. The minimum Gasteiger partial charge on any atom is -0.444 e. The van der Waals surface area contributed by atoms with E-state index in [9.17, 15) is 9.90 Å².